The van der Waals surface area contributed by atoms with Crippen molar-refractivity contribution < 1.29 is 19.1 Å². The Labute approximate surface area is 94.7 Å². The number of esters is 2. The van der Waals surface area contributed by atoms with Crippen LogP contribution in [0.4, 0.5) is 0 Å². The van der Waals surface area contributed by atoms with Crippen LogP contribution in [0.3, 0.4) is 0 Å². The van der Waals surface area contributed by atoms with E-state index in [9.17, 15) is 9.59 Å². The van der Waals surface area contributed by atoms with E-state index in [1.165, 1.54) is 0 Å². The summed E-state index contributed by atoms with van der Waals surface area (Å²) >= 11 is 1.56. The zero-order valence-corrected chi connectivity index (χ0v) is 10.1. The summed E-state index contributed by atoms with van der Waals surface area (Å²) in [4.78, 5) is 21.8. The van der Waals surface area contributed by atoms with Gasteiger partial charge in [-0.2, -0.15) is 11.8 Å². The van der Waals surface area contributed by atoms with Crippen LogP contribution in [0, 0.1) is 0 Å². The topological polar surface area (TPSA) is 52.6 Å². The fraction of sp³-hybridized carbons (Fsp3) is 0.800. The normalized spacial score (nSPS) is 9.73. The third-order valence-corrected chi connectivity index (χ3v) is 2.50. The lowest BCUT2D eigenvalue weighted by Gasteiger charge is -2.02. The molecule has 0 aliphatic heterocycles. The van der Waals surface area contributed by atoms with E-state index in [0.29, 0.717) is 37.6 Å². The molecule has 0 amide bonds. The summed E-state index contributed by atoms with van der Waals surface area (Å²) in [6, 6.07) is 0. The molecule has 5 heteroatoms. The highest BCUT2D eigenvalue weighted by molar-refractivity contribution is 7.99. The number of carbonyl (C=O) groups excluding carboxylic acids is 2. The van der Waals surface area contributed by atoms with Gasteiger partial charge in [-0.1, -0.05) is 0 Å². The van der Waals surface area contributed by atoms with E-state index in [-0.39, 0.29) is 11.9 Å². The molecule has 0 fully saturated rings. The first-order valence-electron chi connectivity index (χ1n) is 5.09. The third-order valence-electron chi connectivity index (χ3n) is 1.51. The van der Waals surface area contributed by atoms with Crippen LogP contribution in [0.1, 0.15) is 26.7 Å². The Hall–Kier alpha value is -0.710. The van der Waals surface area contributed by atoms with E-state index in [1.54, 1.807) is 25.6 Å². The van der Waals surface area contributed by atoms with Crippen molar-refractivity contribution in [2.75, 3.05) is 24.7 Å². The van der Waals surface area contributed by atoms with Crippen molar-refractivity contribution in [3.05, 3.63) is 0 Å². The van der Waals surface area contributed by atoms with Gasteiger partial charge in [0.05, 0.1) is 26.1 Å². The van der Waals surface area contributed by atoms with Crippen molar-refractivity contribution in [3.8, 4) is 0 Å². The van der Waals surface area contributed by atoms with Crippen LogP contribution >= 0.6 is 11.8 Å². The van der Waals surface area contributed by atoms with Crippen LogP contribution in [-0.4, -0.2) is 36.7 Å². The van der Waals surface area contributed by atoms with Gasteiger partial charge in [0, 0.05) is 11.5 Å². The van der Waals surface area contributed by atoms with E-state index in [0.717, 1.165) is 0 Å². The number of ether oxygens (including phenoxy) is 2. The SMILES string of the molecule is CCOC(=O)CCSCCC(=O)OCC. The summed E-state index contributed by atoms with van der Waals surface area (Å²) in [6.07, 6.45) is 0.808. The lowest BCUT2D eigenvalue weighted by atomic mass is 10.5. The molecule has 0 aliphatic carbocycles. The summed E-state index contributed by atoms with van der Waals surface area (Å²) in [5, 5.41) is 0. The molecule has 88 valence electrons. The molecule has 0 aromatic rings. The maximum Gasteiger partial charge on any atom is 0.306 e. The molecule has 0 bridgehead atoms. The molecule has 0 aromatic heterocycles. The number of thioether (sulfide) groups is 1. The fourth-order valence-corrected chi connectivity index (χ4v) is 1.71. The zero-order valence-electron chi connectivity index (χ0n) is 9.28. The van der Waals surface area contributed by atoms with Gasteiger partial charge < -0.3 is 9.47 Å². The monoisotopic (exact) mass is 234 g/mol. The molecule has 0 aliphatic rings. The van der Waals surface area contributed by atoms with Crippen molar-refractivity contribution in [2.24, 2.45) is 0 Å². The summed E-state index contributed by atoms with van der Waals surface area (Å²) < 4.78 is 9.53. The van der Waals surface area contributed by atoms with Gasteiger partial charge in [-0.15, -0.1) is 0 Å². The van der Waals surface area contributed by atoms with Crippen molar-refractivity contribution in [1.29, 1.82) is 0 Å². The fourth-order valence-electron chi connectivity index (χ4n) is 0.879. The summed E-state index contributed by atoms with van der Waals surface area (Å²) in [5.74, 6) is 1.03. The van der Waals surface area contributed by atoms with Gasteiger partial charge >= 0.3 is 11.9 Å². The first kappa shape index (κ1) is 14.3. The zero-order chi connectivity index (χ0) is 11.5. The third kappa shape index (κ3) is 9.59. The second-order valence-electron chi connectivity index (χ2n) is 2.72. The standard InChI is InChI=1S/C10H18O4S/c1-3-13-9(11)5-7-15-8-6-10(12)14-4-2/h3-8H2,1-2H3. The van der Waals surface area contributed by atoms with Crippen molar-refractivity contribution >= 4 is 23.7 Å². The van der Waals surface area contributed by atoms with Gasteiger partial charge in [-0.3, -0.25) is 9.59 Å². The smallest absolute Gasteiger partial charge is 0.306 e. The quantitative estimate of drug-likeness (QED) is 0.472. The Morgan fingerprint density at radius 1 is 0.933 bits per heavy atom. The number of rotatable bonds is 8. The highest BCUT2D eigenvalue weighted by Crippen LogP contribution is 2.06. The second kappa shape index (κ2) is 9.83. The molecule has 0 radical (unpaired) electrons. The molecular formula is C10H18O4S. The van der Waals surface area contributed by atoms with E-state index in [2.05, 4.69) is 0 Å². The predicted molar refractivity (Wildman–Crippen MR) is 59.8 cm³/mol. The molecular weight excluding hydrogens is 216 g/mol. The predicted octanol–water partition coefficient (Wildman–Crippen LogP) is 1.63. The maximum atomic E-state index is 10.9. The van der Waals surface area contributed by atoms with Crippen LogP contribution in [0.15, 0.2) is 0 Å². The van der Waals surface area contributed by atoms with Gasteiger partial charge in [0.25, 0.3) is 0 Å². The Balaban J connectivity index is 3.24. The molecule has 0 aromatic carbocycles. The van der Waals surface area contributed by atoms with Crippen LogP contribution in [-0.2, 0) is 19.1 Å². The molecule has 0 heterocycles. The molecule has 0 spiro atoms. The first-order chi connectivity index (χ1) is 7.20. The van der Waals surface area contributed by atoms with Crippen LogP contribution in [0.2, 0.25) is 0 Å². The first-order valence-corrected chi connectivity index (χ1v) is 6.25. The minimum atomic E-state index is -0.180. The Kier molecular flexibility index (Phi) is 9.36. The largest absolute Gasteiger partial charge is 0.466 e. The van der Waals surface area contributed by atoms with Gasteiger partial charge in [0.2, 0.25) is 0 Å². The number of carbonyl (C=O) groups is 2. The number of hydrogen-bond acceptors (Lipinski definition) is 5. The van der Waals surface area contributed by atoms with Gasteiger partial charge in [0.1, 0.15) is 0 Å². The molecule has 0 atom stereocenters. The number of hydrogen-bond donors (Lipinski definition) is 0. The minimum absolute atomic E-state index is 0.180. The summed E-state index contributed by atoms with van der Waals surface area (Å²) in [7, 11) is 0. The molecule has 0 saturated carbocycles. The Bertz CT molecular complexity index is 174. The Morgan fingerprint density at radius 3 is 1.67 bits per heavy atom. The van der Waals surface area contributed by atoms with Crippen molar-refractivity contribution in [2.45, 2.75) is 26.7 Å². The average Bonchev–Trinajstić information content (AvgIpc) is 2.18. The maximum absolute atomic E-state index is 10.9. The summed E-state index contributed by atoms with van der Waals surface area (Å²) in [6.45, 7) is 4.41. The molecule has 0 unspecified atom stereocenters. The second-order valence-corrected chi connectivity index (χ2v) is 3.95. The molecule has 0 N–H and O–H groups in total. The van der Waals surface area contributed by atoms with E-state index in [4.69, 9.17) is 9.47 Å². The highest BCUT2D eigenvalue weighted by Gasteiger charge is 2.03. The molecule has 0 saturated heterocycles. The van der Waals surface area contributed by atoms with Gasteiger partial charge in [0.15, 0.2) is 0 Å². The van der Waals surface area contributed by atoms with Crippen LogP contribution in [0.25, 0.3) is 0 Å². The van der Waals surface area contributed by atoms with Crippen LogP contribution in [0.5, 0.6) is 0 Å². The van der Waals surface area contributed by atoms with Crippen molar-refractivity contribution in [1.82, 2.24) is 0 Å². The molecule has 0 rings (SSSR count). The average molecular weight is 234 g/mol. The highest BCUT2D eigenvalue weighted by atomic mass is 32.2. The van der Waals surface area contributed by atoms with Crippen molar-refractivity contribution in [3.63, 3.8) is 0 Å². The van der Waals surface area contributed by atoms with E-state index in [1.807, 2.05) is 0 Å². The van der Waals surface area contributed by atoms with Gasteiger partial charge in [-0.25, -0.2) is 0 Å². The lowest BCUT2D eigenvalue weighted by Crippen LogP contribution is -2.07. The molecule has 15 heavy (non-hydrogen) atoms. The van der Waals surface area contributed by atoms with Gasteiger partial charge in [-0.05, 0) is 13.8 Å². The minimum Gasteiger partial charge on any atom is -0.466 e. The Morgan fingerprint density at radius 2 is 1.33 bits per heavy atom. The summed E-state index contributed by atoms with van der Waals surface area (Å²) in [5.41, 5.74) is 0. The molecule has 4 nitrogen and oxygen atoms in total. The van der Waals surface area contributed by atoms with E-state index < -0.39 is 0 Å². The lowest BCUT2D eigenvalue weighted by molar-refractivity contribution is -0.143. The van der Waals surface area contributed by atoms with E-state index >= 15 is 0 Å². The van der Waals surface area contributed by atoms with Crippen LogP contribution < -0.4 is 0 Å².